The monoisotopic (exact) mass is 691 g/mol. The Morgan fingerprint density at radius 1 is 0.667 bits per heavy atom. The Balaban J connectivity index is -0.00000178. The SMILES string of the molecule is CC.CC(C)C=O.CCC(C)(CCC(C(=O)O)N1CCN(C(C)C)CCN(C(C)C(=O)O)CCN(C(C)C(=O)O)CC1)C(C)C.O=CO. The zero-order valence-corrected chi connectivity index (χ0v) is 32.0. The number of carboxylic acid groups (broad SMARTS) is 4. The van der Waals surface area contributed by atoms with Crippen LogP contribution in [0.3, 0.4) is 0 Å². The second kappa shape index (κ2) is 27.2. The van der Waals surface area contributed by atoms with E-state index in [0.29, 0.717) is 64.7 Å². The van der Waals surface area contributed by atoms with Crippen LogP contribution in [0, 0.1) is 17.3 Å². The Labute approximate surface area is 290 Å². The maximum absolute atomic E-state index is 12.5. The fraction of sp³-hybridized carbons (Fsp3) is 0.857. The number of hydrogen-bond acceptors (Lipinski definition) is 9. The van der Waals surface area contributed by atoms with Gasteiger partial charge in [0.1, 0.15) is 24.4 Å². The van der Waals surface area contributed by atoms with Crippen LogP contribution in [-0.4, -0.2) is 147 Å². The van der Waals surface area contributed by atoms with Crippen molar-refractivity contribution in [3.8, 4) is 0 Å². The third kappa shape index (κ3) is 20.0. The standard InChI is InChI=1S/C28H54N4O6.C4H8O.C2H6.CH2O2/c1-9-28(8,20(2)3)11-10-24(27(37)38)32-18-13-29(21(4)5)12-14-30(22(6)25(33)34)15-16-31(17-19-32)23(7)26(35)36;1-4(2)3-5;1-2;2-1-3/h20-24H,9-19H2,1-8H3,(H,33,34)(H,35,36)(H,37,38);3-4H,1-2H3;1-2H3;1H,(H,2,3). The van der Waals surface area contributed by atoms with Crippen LogP contribution in [0.15, 0.2) is 0 Å². The Hall–Kier alpha value is -2.61. The minimum absolute atomic E-state index is 0.0539. The summed E-state index contributed by atoms with van der Waals surface area (Å²) in [5, 5.41) is 36.5. The number of carbonyl (C=O) groups is 5. The van der Waals surface area contributed by atoms with Gasteiger partial charge in [-0.2, -0.15) is 0 Å². The largest absolute Gasteiger partial charge is 0.483 e. The molecule has 0 amide bonds. The zero-order chi connectivity index (χ0) is 38.2. The molecule has 48 heavy (non-hydrogen) atoms. The molecule has 284 valence electrons. The quantitative estimate of drug-likeness (QED) is 0.200. The Kier molecular flexibility index (Phi) is 28.2. The highest BCUT2D eigenvalue weighted by Gasteiger charge is 2.33. The van der Waals surface area contributed by atoms with Crippen molar-refractivity contribution in [2.24, 2.45) is 17.3 Å². The van der Waals surface area contributed by atoms with Gasteiger partial charge >= 0.3 is 17.9 Å². The number of nitrogens with zero attached hydrogens (tertiary/aromatic N) is 4. The van der Waals surface area contributed by atoms with E-state index < -0.39 is 36.0 Å². The van der Waals surface area contributed by atoms with Gasteiger partial charge < -0.3 is 25.2 Å². The lowest BCUT2D eigenvalue weighted by molar-refractivity contribution is -0.146. The number of aliphatic carboxylic acids is 3. The van der Waals surface area contributed by atoms with Crippen LogP contribution >= 0.6 is 0 Å². The molecule has 4 unspecified atom stereocenters. The minimum Gasteiger partial charge on any atom is -0.483 e. The Morgan fingerprint density at radius 2 is 0.979 bits per heavy atom. The third-order valence-corrected chi connectivity index (χ3v) is 9.43. The van der Waals surface area contributed by atoms with Crippen molar-refractivity contribution in [3.05, 3.63) is 0 Å². The highest BCUT2D eigenvalue weighted by Crippen LogP contribution is 2.36. The van der Waals surface area contributed by atoms with E-state index in [4.69, 9.17) is 9.90 Å². The van der Waals surface area contributed by atoms with Gasteiger partial charge in [-0.15, -0.1) is 0 Å². The van der Waals surface area contributed by atoms with E-state index in [1.807, 2.05) is 42.4 Å². The van der Waals surface area contributed by atoms with Crippen molar-refractivity contribution in [3.63, 3.8) is 0 Å². The fourth-order valence-electron chi connectivity index (χ4n) is 5.19. The second-order valence-corrected chi connectivity index (χ2v) is 13.3. The van der Waals surface area contributed by atoms with Gasteiger partial charge in [0.2, 0.25) is 0 Å². The van der Waals surface area contributed by atoms with Gasteiger partial charge in [-0.1, -0.05) is 61.8 Å². The summed E-state index contributed by atoms with van der Waals surface area (Å²) in [6.45, 7) is 27.7. The molecule has 1 fully saturated rings. The summed E-state index contributed by atoms with van der Waals surface area (Å²) in [5.74, 6) is -2.04. The Bertz CT molecular complexity index is 903. The van der Waals surface area contributed by atoms with Crippen LogP contribution in [-0.2, 0) is 24.0 Å². The molecule has 13 nitrogen and oxygen atoms in total. The molecule has 0 aliphatic carbocycles. The van der Waals surface area contributed by atoms with E-state index in [1.165, 1.54) is 0 Å². The van der Waals surface area contributed by atoms with E-state index in [0.717, 1.165) is 19.1 Å². The first-order valence-corrected chi connectivity index (χ1v) is 17.5. The van der Waals surface area contributed by atoms with Gasteiger partial charge in [-0.25, -0.2) is 0 Å². The molecule has 4 N–H and O–H groups in total. The summed E-state index contributed by atoms with van der Waals surface area (Å²) >= 11 is 0. The summed E-state index contributed by atoms with van der Waals surface area (Å²) in [5.41, 5.74) is 0.0539. The van der Waals surface area contributed by atoms with Gasteiger partial charge in [0.05, 0.1) is 0 Å². The molecule has 1 rings (SSSR count). The number of rotatable bonds is 13. The summed E-state index contributed by atoms with van der Waals surface area (Å²) in [7, 11) is 0. The lowest BCUT2D eigenvalue weighted by atomic mass is 9.73. The molecule has 1 heterocycles. The number of carboxylic acids is 3. The van der Waals surface area contributed by atoms with Crippen molar-refractivity contribution in [2.45, 2.75) is 127 Å². The predicted molar refractivity (Wildman–Crippen MR) is 190 cm³/mol. The van der Waals surface area contributed by atoms with Crippen LogP contribution in [0.4, 0.5) is 0 Å². The van der Waals surface area contributed by atoms with Gasteiger partial charge in [0, 0.05) is 64.3 Å². The molecule has 0 bridgehead atoms. The lowest BCUT2D eigenvalue weighted by Gasteiger charge is -2.40. The van der Waals surface area contributed by atoms with Crippen molar-refractivity contribution >= 4 is 30.7 Å². The molecule has 0 aromatic carbocycles. The van der Waals surface area contributed by atoms with Crippen LogP contribution in [0.1, 0.15) is 102 Å². The number of aldehydes is 1. The first-order chi connectivity index (χ1) is 22.3. The minimum atomic E-state index is -0.946. The summed E-state index contributed by atoms with van der Waals surface area (Å²) in [6.07, 6.45) is 3.24. The fourth-order valence-corrected chi connectivity index (χ4v) is 5.19. The maximum Gasteiger partial charge on any atom is 0.320 e. The van der Waals surface area contributed by atoms with Crippen molar-refractivity contribution < 1.29 is 44.4 Å². The van der Waals surface area contributed by atoms with Crippen molar-refractivity contribution in [1.29, 1.82) is 0 Å². The topological polar surface area (TPSA) is 179 Å². The predicted octanol–water partition coefficient (Wildman–Crippen LogP) is 4.44. The van der Waals surface area contributed by atoms with Gasteiger partial charge in [0.25, 0.3) is 6.47 Å². The zero-order valence-electron chi connectivity index (χ0n) is 32.0. The lowest BCUT2D eigenvalue weighted by Crippen LogP contribution is -2.54. The molecular weight excluding hydrogens is 620 g/mol. The Morgan fingerprint density at radius 3 is 1.21 bits per heavy atom. The van der Waals surface area contributed by atoms with Gasteiger partial charge in [-0.3, -0.25) is 38.8 Å². The van der Waals surface area contributed by atoms with Crippen molar-refractivity contribution in [2.75, 3.05) is 52.4 Å². The van der Waals surface area contributed by atoms with E-state index in [2.05, 4.69) is 46.4 Å². The average molecular weight is 691 g/mol. The van der Waals surface area contributed by atoms with Crippen LogP contribution in [0.25, 0.3) is 0 Å². The molecule has 0 aromatic rings. The van der Waals surface area contributed by atoms with Crippen LogP contribution < -0.4 is 0 Å². The molecule has 0 spiro atoms. The first kappa shape index (κ1) is 49.8. The van der Waals surface area contributed by atoms with E-state index >= 15 is 0 Å². The van der Waals surface area contributed by atoms with Gasteiger partial charge in [0.15, 0.2) is 0 Å². The van der Waals surface area contributed by atoms with E-state index in [-0.39, 0.29) is 23.8 Å². The third-order valence-electron chi connectivity index (χ3n) is 9.43. The van der Waals surface area contributed by atoms with E-state index in [9.17, 15) is 34.5 Å². The number of carbonyl (C=O) groups excluding carboxylic acids is 1. The molecule has 13 heteroatoms. The smallest absolute Gasteiger partial charge is 0.320 e. The van der Waals surface area contributed by atoms with Crippen LogP contribution in [0.2, 0.25) is 0 Å². The average Bonchev–Trinajstić information content (AvgIpc) is 3.02. The molecule has 1 aliphatic rings. The summed E-state index contributed by atoms with van der Waals surface area (Å²) in [4.78, 5) is 62.1. The number of hydrogen-bond donors (Lipinski definition) is 4. The molecule has 1 saturated heterocycles. The second-order valence-electron chi connectivity index (χ2n) is 13.3. The first-order valence-electron chi connectivity index (χ1n) is 17.5. The highest BCUT2D eigenvalue weighted by atomic mass is 16.4. The molecule has 0 saturated carbocycles. The maximum atomic E-state index is 12.5. The molecule has 0 aromatic heterocycles. The molecule has 0 radical (unpaired) electrons. The van der Waals surface area contributed by atoms with E-state index in [1.54, 1.807) is 13.8 Å². The van der Waals surface area contributed by atoms with Gasteiger partial charge in [-0.05, 0) is 51.9 Å². The molecule has 4 atom stereocenters. The molecule has 1 aliphatic heterocycles. The van der Waals surface area contributed by atoms with Crippen molar-refractivity contribution in [1.82, 2.24) is 19.6 Å². The highest BCUT2D eigenvalue weighted by molar-refractivity contribution is 5.74. The summed E-state index contributed by atoms with van der Waals surface area (Å²) < 4.78 is 0. The normalized spacial score (nSPS) is 18.9. The molecular formula is C35H70N4O9. The summed E-state index contributed by atoms with van der Waals surface area (Å²) in [6, 6.07) is -1.88. The van der Waals surface area contributed by atoms with Crippen LogP contribution in [0.5, 0.6) is 0 Å².